The highest BCUT2D eigenvalue weighted by Gasteiger charge is 2.33. The number of sulfonamides is 1. The summed E-state index contributed by atoms with van der Waals surface area (Å²) in [5, 5.41) is 0.607. The van der Waals surface area contributed by atoms with E-state index in [4.69, 9.17) is 4.74 Å². The third-order valence-corrected chi connectivity index (χ3v) is 5.36. The molecule has 0 aromatic carbocycles. The highest BCUT2D eigenvalue weighted by atomic mass is 32.2. The Morgan fingerprint density at radius 1 is 1.40 bits per heavy atom. The van der Waals surface area contributed by atoms with Crippen LogP contribution in [0.2, 0.25) is 0 Å². The third-order valence-electron chi connectivity index (χ3n) is 3.68. The summed E-state index contributed by atoms with van der Waals surface area (Å²) < 4.78 is 33.3. The monoisotopic (exact) mass is 295 g/mol. The van der Waals surface area contributed by atoms with Gasteiger partial charge in [-0.2, -0.15) is 0 Å². The summed E-state index contributed by atoms with van der Waals surface area (Å²) in [5.74, 6) is 0. The van der Waals surface area contributed by atoms with Crippen molar-refractivity contribution in [2.24, 2.45) is 0 Å². The van der Waals surface area contributed by atoms with E-state index < -0.39 is 15.6 Å². The molecule has 1 saturated heterocycles. The molecule has 0 bridgehead atoms. The van der Waals surface area contributed by atoms with E-state index in [2.05, 4.69) is 14.7 Å². The van der Waals surface area contributed by atoms with E-state index in [1.54, 1.807) is 18.3 Å². The zero-order chi connectivity index (χ0) is 14.2. The number of ether oxygens (including phenoxy) is 1. The Labute approximate surface area is 117 Å². The van der Waals surface area contributed by atoms with Gasteiger partial charge in [0.15, 0.2) is 0 Å². The van der Waals surface area contributed by atoms with Crippen LogP contribution in [0.5, 0.6) is 0 Å². The molecule has 0 atom stereocenters. The van der Waals surface area contributed by atoms with Gasteiger partial charge in [0.05, 0.1) is 0 Å². The van der Waals surface area contributed by atoms with Gasteiger partial charge in [0.25, 0.3) is 0 Å². The van der Waals surface area contributed by atoms with E-state index in [1.807, 2.05) is 6.92 Å². The van der Waals surface area contributed by atoms with E-state index in [1.165, 1.54) is 6.20 Å². The lowest BCUT2D eigenvalue weighted by molar-refractivity contribution is 0.0537. The predicted octanol–water partition coefficient (Wildman–Crippen LogP) is 1.41. The van der Waals surface area contributed by atoms with Gasteiger partial charge in [-0.3, -0.25) is 0 Å². The minimum absolute atomic E-state index is 0.244. The number of aromatic amines is 1. The molecule has 1 aliphatic heterocycles. The summed E-state index contributed by atoms with van der Waals surface area (Å²) in [5.41, 5.74) is 0.119. The van der Waals surface area contributed by atoms with Crippen molar-refractivity contribution in [3.8, 4) is 0 Å². The Morgan fingerprint density at radius 2 is 2.15 bits per heavy atom. The third kappa shape index (κ3) is 2.44. The first kappa shape index (κ1) is 13.5. The van der Waals surface area contributed by atoms with E-state index >= 15 is 0 Å². The minimum atomic E-state index is -3.58. The van der Waals surface area contributed by atoms with Crippen LogP contribution in [0.15, 0.2) is 29.4 Å². The van der Waals surface area contributed by atoms with Crippen LogP contribution in [0.25, 0.3) is 11.0 Å². The molecule has 2 N–H and O–H groups in total. The van der Waals surface area contributed by atoms with Crippen LogP contribution in [-0.2, 0) is 14.8 Å². The average molecular weight is 295 g/mol. The number of nitrogens with zero attached hydrogens (tertiary/aromatic N) is 1. The molecule has 0 amide bonds. The summed E-state index contributed by atoms with van der Waals surface area (Å²) in [6, 6.07) is 3.48. The van der Waals surface area contributed by atoms with Gasteiger partial charge in [-0.25, -0.2) is 18.1 Å². The number of H-pyrrole nitrogens is 1. The number of hydrogen-bond donors (Lipinski definition) is 2. The molecule has 0 aliphatic carbocycles. The number of rotatable bonds is 3. The first-order chi connectivity index (χ1) is 9.50. The van der Waals surface area contributed by atoms with Crippen LogP contribution in [0.1, 0.15) is 19.8 Å². The number of hydrogen-bond acceptors (Lipinski definition) is 4. The molecule has 20 heavy (non-hydrogen) atoms. The van der Waals surface area contributed by atoms with Crippen LogP contribution in [0, 0.1) is 0 Å². The van der Waals surface area contributed by atoms with Gasteiger partial charge in [-0.15, -0.1) is 0 Å². The van der Waals surface area contributed by atoms with Crippen LogP contribution < -0.4 is 4.72 Å². The summed E-state index contributed by atoms with van der Waals surface area (Å²) in [4.78, 5) is 7.24. The summed E-state index contributed by atoms with van der Waals surface area (Å²) in [7, 11) is -3.58. The molecule has 0 spiro atoms. The highest BCUT2D eigenvalue weighted by Crippen LogP contribution is 2.26. The fourth-order valence-corrected chi connectivity index (χ4v) is 4.09. The maximum atomic E-state index is 12.6. The fraction of sp³-hybridized carbons (Fsp3) is 0.462. The molecule has 2 aromatic rings. The predicted molar refractivity (Wildman–Crippen MR) is 74.9 cm³/mol. The maximum absolute atomic E-state index is 12.6. The molecule has 6 nitrogen and oxygen atoms in total. The molecule has 1 fully saturated rings. The lowest BCUT2D eigenvalue weighted by Gasteiger charge is -2.33. The van der Waals surface area contributed by atoms with Crippen molar-refractivity contribution < 1.29 is 13.2 Å². The zero-order valence-corrected chi connectivity index (χ0v) is 12.0. The number of aromatic nitrogens is 2. The van der Waals surface area contributed by atoms with E-state index in [-0.39, 0.29) is 4.90 Å². The molecule has 108 valence electrons. The van der Waals surface area contributed by atoms with E-state index in [9.17, 15) is 8.42 Å². The topological polar surface area (TPSA) is 84.1 Å². The van der Waals surface area contributed by atoms with Crippen molar-refractivity contribution in [2.45, 2.75) is 30.2 Å². The summed E-state index contributed by atoms with van der Waals surface area (Å²) >= 11 is 0. The van der Waals surface area contributed by atoms with Gasteiger partial charge in [0, 0.05) is 36.5 Å². The Morgan fingerprint density at radius 3 is 2.90 bits per heavy atom. The summed E-state index contributed by atoms with van der Waals surface area (Å²) in [6.45, 7) is 3.07. The summed E-state index contributed by atoms with van der Waals surface area (Å²) in [6.07, 6.45) is 4.46. The van der Waals surface area contributed by atoms with Crippen molar-refractivity contribution >= 4 is 21.1 Å². The average Bonchev–Trinajstić information content (AvgIpc) is 2.83. The largest absolute Gasteiger partial charge is 0.381 e. The Balaban J connectivity index is 1.95. The van der Waals surface area contributed by atoms with Crippen molar-refractivity contribution in [1.82, 2.24) is 14.7 Å². The lowest BCUT2D eigenvalue weighted by atomic mass is 9.94. The first-order valence-electron chi connectivity index (χ1n) is 6.54. The molecular weight excluding hydrogens is 278 g/mol. The molecule has 0 unspecified atom stereocenters. The van der Waals surface area contributed by atoms with Gasteiger partial charge in [-0.05, 0) is 31.9 Å². The second-order valence-electron chi connectivity index (χ2n) is 5.33. The number of pyridine rings is 1. The highest BCUT2D eigenvalue weighted by molar-refractivity contribution is 7.89. The molecule has 3 heterocycles. The SMILES string of the molecule is CC1(NS(=O)(=O)c2c[nH]c3ncccc23)CCOCC1. The van der Waals surface area contributed by atoms with Crippen LogP contribution in [0.3, 0.4) is 0 Å². The molecular formula is C13H17N3O3S. The van der Waals surface area contributed by atoms with Gasteiger partial charge < -0.3 is 9.72 Å². The first-order valence-corrected chi connectivity index (χ1v) is 8.02. The van der Waals surface area contributed by atoms with Crippen LogP contribution in [0.4, 0.5) is 0 Å². The van der Waals surface area contributed by atoms with Crippen molar-refractivity contribution in [3.63, 3.8) is 0 Å². The number of nitrogens with one attached hydrogen (secondary N) is 2. The molecule has 0 radical (unpaired) electrons. The molecule has 7 heteroatoms. The quantitative estimate of drug-likeness (QED) is 0.896. The van der Waals surface area contributed by atoms with E-state index in [0.29, 0.717) is 37.1 Å². The fourth-order valence-electron chi connectivity index (χ4n) is 2.46. The minimum Gasteiger partial charge on any atom is -0.381 e. The van der Waals surface area contributed by atoms with Crippen molar-refractivity contribution in [2.75, 3.05) is 13.2 Å². The standard InChI is InChI=1S/C13H17N3O3S/c1-13(4-7-19-8-5-13)16-20(17,18)11-9-15-12-10(11)3-2-6-14-12/h2-3,6,9,16H,4-5,7-8H2,1H3,(H,14,15). The Bertz CT molecular complexity index is 717. The molecule has 0 saturated carbocycles. The van der Waals surface area contributed by atoms with Gasteiger partial charge in [-0.1, -0.05) is 0 Å². The zero-order valence-electron chi connectivity index (χ0n) is 11.2. The normalized spacial score (nSPS) is 19.2. The second kappa shape index (κ2) is 4.83. The molecule has 1 aliphatic rings. The maximum Gasteiger partial charge on any atom is 0.243 e. The van der Waals surface area contributed by atoms with E-state index in [0.717, 1.165) is 0 Å². The Kier molecular flexibility index (Phi) is 3.27. The smallest absolute Gasteiger partial charge is 0.243 e. The van der Waals surface area contributed by atoms with Crippen molar-refractivity contribution in [1.29, 1.82) is 0 Å². The molecule has 2 aromatic heterocycles. The number of fused-ring (bicyclic) bond motifs is 1. The molecule has 3 rings (SSSR count). The van der Waals surface area contributed by atoms with Gasteiger partial charge in [0.2, 0.25) is 10.0 Å². The van der Waals surface area contributed by atoms with Crippen LogP contribution >= 0.6 is 0 Å². The second-order valence-corrected chi connectivity index (χ2v) is 6.98. The lowest BCUT2D eigenvalue weighted by Crippen LogP contribution is -2.49. The van der Waals surface area contributed by atoms with Crippen molar-refractivity contribution in [3.05, 3.63) is 24.5 Å². The van der Waals surface area contributed by atoms with Gasteiger partial charge in [0.1, 0.15) is 10.5 Å². The van der Waals surface area contributed by atoms with Gasteiger partial charge >= 0.3 is 0 Å². The van der Waals surface area contributed by atoms with Crippen LogP contribution in [-0.4, -0.2) is 37.1 Å². The Hall–Kier alpha value is -1.44.